The molecule has 0 saturated carbocycles. The zero-order valence-corrected chi connectivity index (χ0v) is 11.6. The van der Waals surface area contributed by atoms with Crippen LogP contribution in [0.2, 0.25) is 0 Å². The third-order valence-electron chi connectivity index (χ3n) is 1.42. The van der Waals surface area contributed by atoms with E-state index in [1.54, 1.807) is 13.0 Å². The molecule has 0 aliphatic rings. The van der Waals surface area contributed by atoms with Gasteiger partial charge < -0.3 is 4.55 Å². The smallest absolute Gasteiger partial charge is 0.744 e. The van der Waals surface area contributed by atoms with E-state index in [2.05, 4.69) is 15.9 Å². The fraction of sp³-hybridized carbons (Fsp3) is 0.143. The van der Waals surface area contributed by atoms with Gasteiger partial charge in [-0.05, 0) is 30.7 Å². The Morgan fingerprint density at radius 1 is 1.38 bits per heavy atom. The molecule has 0 amide bonds. The van der Waals surface area contributed by atoms with E-state index in [1.165, 1.54) is 12.1 Å². The number of hydrogen-bond acceptors (Lipinski definition) is 3. The third kappa shape index (κ3) is 3.69. The molecule has 0 aromatic heterocycles. The summed E-state index contributed by atoms with van der Waals surface area (Å²) in [5, 5.41) is 0. The standard InChI is InChI=1S/C7H7BrO3S.Na/c1-5-4-6(12(9,10)11)2-3-7(5)8;/h2-4H,1H3,(H,9,10,11);/q;+1/p-1. The van der Waals surface area contributed by atoms with Gasteiger partial charge in [0.15, 0.2) is 0 Å². The van der Waals surface area contributed by atoms with E-state index in [-0.39, 0.29) is 34.5 Å². The molecule has 0 heterocycles. The van der Waals surface area contributed by atoms with Crippen LogP contribution in [-0.4, -0.2) is 13.0 Å². The van der Waals surface area contributed by atoms with Gasteiger partial charge in [-0.2, -0.15) is 0 Å². The van der Waals surface area contributed by atoms with Crippen LogP contribution in [0.3, 0.4) is 0 Å². The summed E-state index contributed by atoms with van der Waals surface area (Å²) in [6.07, 6.45) is 0. The van der Waals surface area contributed by atoms with Crippen LogP contribution in [0, 0.1) is 6.92 Å². The Morgan fingerprint density at radius 2 is 1.92 bits per heavy atom. The summed E-state index contributed by atoms with van der Waals surface area (Å²) in [5.74, 6) is 0. The minimum atomic E-state index is -4.31. The van der Waals surface area contributed by atoms with E-state index in [0.717, 1.165) is 10.0 Å². The molecule has 13 heavy (non-hydrogen) atoms. The largest absolute Gasteiger partial charge is 1.00 e. The summed E-state index contributed by atoms with van der Waals surface area (Å²) in [6, 6.07) is 4.16. The van der Waals surface area contributed by atoms with Crippen LogP contribution >= 0.6 is 15.9 Å². The van der Waals surface area contributed by atoms with Gasteiger partial charge in [-0.15, -0.1) is 0 Å². The topological polar surface area (TPSA) is 57.2 Å². The predicted molar refractivity (Wildman–Crippen MR) is 46.8 cm³/mol. The van der Waals surface area contributed by atoms with Crippen molar-refractivity contribution in [2.45, 2.75) is 11.8 Å². The van der Waals surface area contributed by atoms with E-state index in [1.807, 2.05) is 0 Å². The zero-order chi connectivity index (χ0) is 9.35. The van der Waals surface area contributed by atoms with Crippen molar-refractivity contribution in [3.63, 3.8) is 0 Å². The van der Waals surface area contributed by atoms with Crippen molar-refractivity contribution < 1.29 is 42.5 Å². The third-order valence-corrected chi connectivity index (χ3v) is 3.14. The van der Waals surface area contributed by atoms with E-state index in [4.69, 9.17) is 0 Å². The van der Waals surface area contributed by atoms with Crippen molar-refractivity contribution in [1.82, 2.24) is 0 Å². The van der Waals surface area contributed by atoms with Crippen LogP contribution in [-0.2, 0) is 10.1 Å². The summed E-state index contributed by atoms with van der Waals surface area (Å²) in [5.41, 5.74) is 0.729. The van der Waals surface area contributed by atoms with Gasteiger partial charge in [0.05, 0.1) is 4.90 Å². The fourth-order valence-corrected chi connectivity index (χ4v) is 1.58. The number of halogens is 1. The second-order valence-corrected chi connectivity index (χ2v) is 4.60. The molecule has 0 aliphatic heterocycles. The van der Waals surface area contributed by atoms with E-state index in [9.17, 15) is 13.0 Å². The van der Waals surface area contributed by atoms with Gasteiger partial charge in [0, 0.05) is 4.47 Å². The molecule has 1 rings (SSSR count). The van der Waals surface area contributed by atoms with E-state index in [0.29, 0.717) is 0 Å². The summed E-state index contributed by atoms with van der Waals surface area (Å²) >= 11 is 3.20. The molecular weight excluding hydrogens is 267 g/mol. The van der Waals surface area contributed by atoms with Crippen molar-refractivity contribution in [3.8, 4) is 0 Å². The van der Waals surface area contributed by atoms with Crippen LogP contribution in [0.1, 0.15) is 5.56 Å². The molecule has 6 heteroatoms. The molecule has 0 unspecified atom stereocenters. The first-order valence-corrected chi connectivity index (χ1v) is 5.33. The molecule has 0 fully saturated rings. The predicted octanol–water partition coefficient (Wildman–Crippen LogP) is -1.33. The van der Waals surface area contributed by atoms with Gasteiger partial charge in [-0.1, -0.05) is 15.9 Å². The monoisotopic (exact) mass is 272 g/mol. The van der Waals surface area contributed by atoms with Gasteiger partial charge in [-0.3, -0.25) is 0 Å². The Balaban J connectivity index is 0.00000144. The Bertz CT molecular complexity index is 402. The van der Waals surface area contributed by atoms with Crippen molar-refractivity contribution in [1.29, 1.82) is 0 Å². The van der Waals surface area contributed by atoms with Gasteiger partial charge in [0.2, 0.25) is 0 Å². The molecule has 0 saturated heterocycles. The minimum Gasteiger partial charge on any atom is -0.744 e. The van der Waals surface area contributed by atoms with Crippen LogP contribution in [0.25, 0.3) is 0 Å². The number of benzene rings is 1. The normalized spacial score (nSPS) is 10.7. The van der Waals surface area contributed by atoms with Crippen molar-refractivity contribution in [2.24, 2.45) is 0 Å². The fourth-order valence-electron chi connectivity index (χ4n) is 0.773. The first-order valence-electron chi connectivity index (χ1n) is 3.13. The first kappa shape index (κ1) is 13.6. The van der Waals surface area contributed by atoms with Gasteiger partial charge in [-0.25, -0.2) is 8.42 Å². The summed E-state index contributed by atoms with van der Waals surface area (Å²) < 4.78 is 32.4. The molecule has 0 spiro atoms. The maximum absolute atomic E-state index is 10.5. The Hall–Kier alpha value is 0.610. The van der Waals surface area contributed by atoms with Crippen LogP contribution < -0.4 is 29.6 Å². The number of hydrogen-bond donors (Lipinski definition) is 0. The molecule has 0 bridgehead atoms. The van der Waals surface area contributed by atoms with Gasteiger partial charge in [0.25, 0.3) is 0 Å². The Morgan fingerprint density at radius 3 is 2.31 bits per heavy atom. The van der Waals surface area contributed by atoms with E-state index >= 15 is 0 Å². The SMILES string of the molecule is Cc1cc(S(=O)(=O)[O-])ccc1Br.[Na+]. The number of rotatable bonds is 1. The average molecular weight is 273 g/mol. The van der Waals surface area contributed by atoms with Gasteiger partial charge >= 0.3 is 29.6 Å². The molecule has 66 valence electrons. The quantitative estimate of drug-likeness (QED) is 0.470. The number of aryl methyl sites for hydroxylation is 1. The first-order chi connectivity index (χ1) is 5.41. The molecule has 0 radical (unpaired) electrons. The minimum absolute atomic E-state index is 0. The molecule has 1 aromatic carbocycles. The average Bonchev–Trinajstić information content (AvgIpc) is 1.92. The molecule has 0 N–H and O–H groups in total. The van der Waals surface area contributed by atoms with Crippen molar-refractivity contribution >= 4 is 26.0 Å². The zero-order valence-electron chi connectivity index (χ0n) is 7.24. The van der Waals surface area contributed by atoms with Crippen molar-refractivity contribution in [3.05, 3.63) is 28.2 Å². The molecule has 1 aromatic rings. The van der Waals surface area contributed by atoms with Crippen LogP contribution in [0.4, 0.5) is 0 Å². The van der Waals surface area contributed by atoms with Crippen molar-refractivity contribution in [2.75, 3.05) is 0 Å². The molecule has 3 nitrogen and oxygen atoms in total. The summed E-state index contributed by atoms with van der Waals surface area (Å²) in [4.78, 5) is -0.191. The maximum Gasteiger partial charge on any atom is 1.00 e. The van der Waals surface area contributed by atoms with E-state index < -0.39 is 10.1 Å². The second kappa shape index (κ2) is 4.91. The van der Waals surface area contributed by atoms with Crippen LogP contribution in [0.5, 0.6) is 0 Å². The van der Waals surface area contributed by atoms with Gasteiger partial charge in [0.1, 0.15) is 10.1 Å². The van der Waals surface area contributed by atoms with Crippen LogP contribution in [0.15, 0.2) is 27.6 Å². The Labute approximate surface area is 108 Å². The Kier molecular flexibility index (Phi) is 5.14. The summed E-state index contributed by atoms with van der Waals surface area (Å²) in [6.45, 7) is 1.72. The second-order valence-electron chi connectivity index (χ2n) is 2.37. The molecular formula is C7H6BrNaO3S. The molecule has 0 atom stereocenters. The molecule has 0 aliphatic carbocycles. The maximum atomic E-state index is 10.5. The summed E-state index contributed by atoms with van der Waals surface area (Å²) in [7, 11) is -4.31.